The van der Waals surface area contributed by atoms with Crippen LogP contribution >= 0.6 is 12.4 Å². The first kappa shape index (κ1) is 11.8. The van der Waals surface area contributed by atoms with E-state index in [2.05, 4.69) is 5.32 Å². The quantitative estimate of drug-likeness (QED) is 0.641. The minimum Gasteiger partial charge on any atom is -0.383 e. The first-order chi connectivity index (χ1) is 6.29. The van der Waals surface area contributed by atoms with Crippen molar-refractivity contribution in [3.05, 3.63) is 0 Å². The van der Waals surface area contributed by atoms with Gasteiger partial charge in [0.2, 0.25) is 0 Å². The average Bonchev–Trinajstić information content (AvgIpc) is 2.49. The summed E-state index contributed by atoms with van der Waals surface area (Å²) in [4.78, 5) is 13.3. The number of aliphatic hydroxyl groups is 1. The van der Waals surface area contributed by atoms with Crippen molar-refractivity contribution in [2.75, 3.05) is 19.6 Å². The number of nitrogens with zero attached hydrogens (tertiary/aromatic N) is 1. The Morgan fingerprint density at radius 3 is 2.43 bits per heavy atom. The smallest absolute Gasteiger partial charge is 0.251 e. The summed E-state index contributed by atoms with van der Waals surface area (Å²) in [6.07, 6.45) is 1.94. The lowest BCUT2D eigenvalue weighted by Crippen LogP contribution is -2.44. The van der Waals surface area contributed by atoms with E-state index >= 15 is 0 Å². The van der Waals surface area contributed by atoms with Crippen LogP contribution in [0.25, 0.3) is 0 Å². The molecular weight excluding hydrogens is 204 g/mol. The van der Waals surface area contributed by atoms with Crippen LogP contribution < -0.4 is 5.32 Å². The molecule has 2 N–H and O–H groups in total. The van der Waals surface area contributed by atoms with Gasteiger partial charge in [0, 0.05) is 12.6 Å². The Labute approximate surface area is 90.1 Å². The Balaban J connectivity index is 0.000000980. The maximum Gasteiger partial charge on any atom is 0.251 e. The third kappa shape index (κ3) is 2.19. The fourth-order valence-corrected chi connectivity index (χ4v) is 2.17. The van der Waals surface area contributed by atoms with Gasteiger partial charge in [-0.25, -0.2) is 0 Å². The number of rotatable bonds is 1. The summed E-state index contributed by atoms with van der Waals surface area (Å²) in [5, 5.41) is 12.6. The van der Waals surface area contributed by atoms with Gasteiger partial charge in [0.25, 0.3) is 5.91 Å². The number of likely N-dealkylation sites (tertiary alicyclic amines) is 1. The molecule has 1 amide bonds. The summed E-state index contributed by atoms with van der Waals surface area (Å²) in [6, 6.07) is 0.367. The van der Waals surface area contributed by atoms with Crippen molar-refractivity contribution in [2.24, 2.45) is 0 Å². The summed E-state index contributed by atoms with van der Waals surface area (Å²) >= 11 is 0. The van der Waals surface area contributed by atoms with Gasteiger partial charge in [-0.1, -0.05) is 0 Å². The molecule has 0 radical (unpaired) electrons. The van der Waals surface area contributed by atoms with E-state index in [0.717, 1.165) is 32.5 Å². The zero-order valence-electron chi connectivity index (χ0n) is 8.11. The zero-order valence-corrected chi connectivity index (χ0v) is 8.92. The van der Waals surface area contributed by atoms with Crippen LogP contribution in [0.15, 0.2) is 0 Å². The Morgan fingerprint density at radius 2 is 1.93 bits per heavy atom. The Bertz CT molecular complexity index is 207. The lowest BCUT2D eigenvalue weighted by Gasteiger charge is -2.31. The highest BCUT2D eigenvalue weighted by atomic mass is 35.5. The lowest BCUT2D eigenvalue weighted by atomic mass is 10.1. The summed E-state index contributed by atoms with van der Waals surface area (Å²) in [6.45, 7) is 2.72. The fourth-order valence-electron chi connectivity index (χ4n) is 2.17. The van der Waals surface area contributed by atoms with Crippen molar-refractivity contribution in [3.63, 3.8) is 0 Å². The first-order valence-corrected chi connectivity index (χ1v) is 4.98. The summed E-state index contributed by atoms with van der Waals surface area (Å²) < 4.78 is 0. The number of halogens is 1. The van der Waals surface area contributed by atoms with Crippen molar-refractivity contribution >= 4 is 18.3 Å². The molecule has 0 aromatic carbocycles. The monoisotopic (exact) mass is 220 g/mol. The second-order valence-corrected chi connectivity index (χ2v) is 3.82. The molecule has 2 saturated heterocycles. The molecule has 0 aromatic rings. The minimum absolute atomic E-state index is 0. The molecule has 2 heterocycles. The maximum absolute atomic E-state index is 11.5. The van der Waals surface area contributed by atoms with E-state index in [0.29, 0.717) is 12.5 Å². The molecule has 0 aliphatic carbocycles. The van der Waals surface area contributed by atoms with Crippen LogP contribution in [-0.4, -0.2) is 47.7 Å². The van der Waals surface area contributed by atoms with Crippen molar-refractivity contribution in [3.8, 4) is 0 Å². The number of piperidine rings is 1. The van der Waals surface area contributed by atoms with E-state index in [-0.39, 0.29) is 18.3 Å². The number of amides is 1. The second kappa shape index (κ2) is 4.96. The number of aliphatic hydroxyl groups excluding tert-OH is 1. The Morgan fingerprint density at radius 1 is 1.29 bits per heavy atom. The SMILES string of the molecule is Cl.O=C1[C@H](O)CCN1C1CCNCC1. The molecule has 4 nitrogen and oxygen atoms in total. The van der Waals surface area contributed by atoms with Gasteiger partial charge >= 0.3 is 0 Å². The second-order valence-electron chi connectivity index (χ2n) is 3.82. The molecule has 0 aromatic heterocycles. The molecule has 2 aliphatic rings. The van der Waals surface area contributed by atoms with Crippen LogP contribution in [0.1, 0.15) is 19.3 Å². The van der Waals surface area contributed by atoms with Crippen LogP contribution in [0.5, 0.6) is 0 Å². The molecule has 0 spiro atoms. The van der Waals surface area contributed by atoms with E-state index in [1.807, 2.05) is 4.90 Å². The number of hydrogen-bond acceptors (Lipinski definition) is 3. The predicted molar refractivity (Wildman–Crippen MR) is 55.5 cm³/mol. The highest BCUT2D eigenvalue weighted by Gasteiger charge is 2.34. The standard InChI is InChI=1S/C9H16N2O2.ClH/c12-8-3-6-11(9(8)13)7-1-4-10-5-2-7;/h7-8,10,12H,1-6H2;1H/t8-;/m1./s1. The van der Waals surface area contributed by atoms with Crippen molar-refractivity contribution in [1.82, 2.24) is 10.2 Å². The van der Waals surface area contributed by atoms with Crippen LogP contribution in [0, 0.1) is 0 Å². The van der Waals surface area contributed by atoms with Crippen molar-refractivity contribution < 1.29 is 9.90 Å². The molecule has 14 heavy (non-hydrogen) atoms. The predicted octanol–water partition coefficient (Wildman–Crippen LogP) is -0.247. The molecule has 5 heteroatoms. The highest BCUT2D eigenvalue weighted by molar-refractivity contribution is 5.85. The van der Waals surface area contributed by atoms with Gasteiger partial charge in [-0.05, 0) is 32.4 Å². The molecule has 2 aliphatic heterocycles. The van der Waals surface area contributed by atoms with Crippen LogP contribution in [0.3, 0.4) is 0 Å². The molecule has 1 atom stereocenters. The fraction of sp³-hybridized carbons (Fsp3) is 0.889. The molecule has 0 saturated carbocycles. The highest BCUT2D eigenvalue weighted by Crippen LogP contribution is 2.19. The van der Waals surface area contributed by atoms with Crippen molar-refractivity contribution in [2.45, 2.75) is 31.4 Å². The average molecular weight is 221 g/mol. The van der Waals surface area contributed by atoms with E-state index < -0.39 is 6.10 Å². The third-order valence-electron chi connectivity index (χ3n) is 2.96. The number of nitrogens with one attached hydrogen (secondary N) is 1. The van der Waals surface area contributed by atoms with Crippen LogP contribution in [0.4, 0.5) is 0 Å². The molecule has 82 valence electrons. The van der Waals surface area contributed by atoms with Crippen LogP contribution in [0.2, 0.25) is 0 Å². The van der Waals surface area contributed by atoms with Gasteiger partial charge in [0.1, 0.15) is 6.10 Å². The first-order valence-electron chi connectivity index (χ1n) is 4.98. The van der Waals surface area contributed by atoms with Crippen molar-refractivity contribution in [1.29, 1.82) is 0 Å². The number of carbonyl (C=O) groups is 1. The number of carbonyl (C=O) groups excluding carboxylic acids is 1. The van der Waals surface area contributed by atoms with Gasteiger partial charge in [0.05, 0.1) is 0 Å². The van der Waals surface area contributed by atoms with E-state index in [1.165, 1.54) is 0 Å². The van der Waals surface area contributed by atoms with E-state index in [4.69, 9.17) is 0 Å². The van der Waals surface area contributed by atoms with Gasteiger partial charge in [0.15, 0.2) is 0 Å². The molecule has 2 fully saturated rings. The summed E-state index contributed by atoms with van der Waals surface area (Å²) in [5.41, 5.74) is 0. The topological polar surface area (TPSA) is 52.6 Å². The van der Waals surface area contributed by atoms with E-state index in [1.54, 1.807) is 0 Å². The van der Waals surface area contributed by atoms with Crippen LogP contribution in [-0.2, 0) is 4.79 Å². The molecule has 2 rings (SSSR count). The molecular formula is C9H17ClN2O2. The zero-order chi connectivity index (χ0) is 9.26. The minimum atomic E-state index is -0.727. The Kier molecular flexibility index (Phi) is 4.16. The van der Waals surface area contributed by atoms with Gasteiger partial charge in [-0.2, -0.15) is 0 Å². The normalized spacial score (nSPS) is 29.1. The van der Waals surface area contributed by atoms with Gasteiger partial charge < -0.3 is 15.3 Å². The lowest BCUT2D eigenvalue weighted by molar-refractivity contribution is -0.136. The number of hydrogen-bond donors (Lipinski definition) is 2. The Hall–Kier alpha value is -0.320. The molecule has 0 bridgehead atoms. The third-order valence-corrected chi connectivity index (χ3v) is 2.96. The van der Waals surface area contributed by atoms with Gasteiger partial charge in [-0.15, -0.1) is 12.4 Å². The largest absolute Gasteiger partial charge is 0.383 e. The van der Waals surface area contributed by atoms with E-state index in [9.17, 15) is 9.90 Å². The summed E-state index contributed by atoms with van der Waals surface area (Å²) in [7, 11) is 0. The summed E-state index contributed by atoms with van der Waals surface area (Å²) in [5.74, 6) is -0.0631. The van der Waals surface area contributed by atoms with Gasteiger partial charge in [-0.3, -0.25) is 4.79 Å². The maximum atomic E-state index is 11.5. The molecule has 0 unspecified atom stereocenters.